The number of nitrogens with zero attached hydrogens (tertiary/aromatic N) is 1. The largest absolute Gasteiger partial charge is 0.497 e. The lowest BCUT2D eigenvalue weighted by molar-refractivity contribution is 0.309. The topological polar surface area (TPSA) is 57.4 Å². The van der Waals surface area contributed by atoms with Gasteiger partial charge in [-0.3, -0.25) is 0 Å². The molecule has 0 unspecified atom stereocenters. The third kappa shape index (κ3) is 2.43. The number of rotatable bonds is 4. The zero-order valence-corrected chi connectivity index (χ0v) is 9.66. The first-order chi connectivity index (χ1) is 7.79. The van der Waals surface area contributed by atoms with E-state index in [1.165, 1.54) is 11.5 Å². The minimum absolute atomic E-state index is 0.447. The summed E-state index contributed by atoms with van der Waals surface area (Å²) in [5, 5.41) is 0. The van der Waals surface area contributed by atoms with Crippen molar-refractivity contribution in [3.8, 4) is 11.5 Å². The maximum absolute atomic E-state index is 5.70. The summed E-state index contributed by atoms with van der Waals surface area (Å²) < 4.78 is 14.6. The van der Waals surface area contributed by atoms with Crippen molar-refractivity contribution < 1.29 is 9.47 Å². The number of benzene rings is 1. The van der Waals surface area contributed by atoms with Gasteiger partial charge < -0.3 is 15.2 Å². The number of methoxy groups -OCH3 is 1. The van der Waals surface area contributed by atoms with E-state index in [1.807, 2.05) is 24.3 Å². The molecule has 5 heteroatoms. The van der Waals surface area contributed by atoms with Crippen molar-refractivity contribution in [1.29, 1.82) is 0 Å². The van der Waals surface area contributed by atoms with E-state index in [4.69, 9.17) is 15.2 Å². The van der Waals surface area contributed by atoms with Gasteiger partial charge in [-0.05, 0) is 35.8 Å². The van der Waals surface area contributed by atoms with Crippen LogP contribution < -0.4 is 15.2 Å². The standard InChI is InChI=1S/C11H12N2O2S/c1-14-8-2-4-9(5-3-8)15-7-11-10(12)6-13-16-11/h2-6H,7,12H2,1H3. The summed E-state index contributed by atoms with van der Waals surface area (Å²) in [7, 11) is 1.63. The molecule has 0 bridgehead atoms. The van der Waals surface area contributed by atoms with E-state index < -0.39 is 0 Å². The van der Waals surface area contributed by atoms with Crippen LogP contribution in [0.1, 0.15) is 4.88 Å². The lowest BCUT2D eigenvalue weighted by Crippen LogP contribution is -1.96. The molecule has 0 radical (unpaired) electrons. The van der Waals surface area contributed by atoms with Crippen molar-refractivity contribution in [1.82, 2.24) is 4.37 Å². The average molecular weight is 236 g/mol. The van der Waals surface area contributed by atoms with Gasteiger partial charge in [0.2, 0.25) is 0 Å². The Kier molecular flexibility index (Phi) is 3.26. The van der Waals surface area contributed by atoms with Gasteiger partial charge in [0, 0.05) is 0 Å². The molecule has 1 aromatic carbocycles. The van der Waals surface area contributed by atoms with Crippen molar-refractivity contribution in [3.63, 3.8) is 0 Å². The fraction of sp³-hybridized carbons (Fsp3) is 0.182. The fourth-order valence-electron chi connectivity index (χ4n) is 1.20. The van der Waals surface area contributed by atoms with E-state index in [9.17, 15) is 0 Å². The summed E-state index contributed by atoms with van der Waals surface area (Å²) in [6, 6.07) is 7.42. The van der Waals surface area contributed by atoms with Crippen LogP contribution in [0, 0.1) is 0 Å². The van der Waals surface area contributed by atoms with Gasteiger partial charge in [0.1, 0.15) is 18.1 Å². The molecule has 0 spiro atoms. The molecule has 0 saturated heterocycles. The quantitative estimate of drug-likeness (QED) is 0.885. The second-order valence-corrected chi connectivity index (χ2v) is 4.05. The number of ether oxygens (including phenoxy) is 2. The molecule has 4 nitrogen and oxygen atoms in total. The predicted octanol–water partition coefficient (Wildman–Crippen LogP) is 2.31. The van der Waals surface area contributed by atoms with Crippen LogP contribution in [0.15, 0.2) is 30.5 Å². The molecule has 0 aliphatic carbocycles. The zero-order valence-electron chi connectivity index (χ0n) is 8.84. The van der Waals surface area contributed by atoms with Crippen LogP contribution in [-0.4, -0.2) is 11.5 Å². The van der Waals surface area contributed by atoms with Crippen molar-refractivity contribution in [2.75, 3.05) is 12.8 Å². The molecule has 0 aliphatic heterocycles. The summed E-state index contributed by atoms with van der Waals surface area (Å²) in [4.78, 5) is 0.941. The van der Waals surface area contributed by atoms with Crippen LogP contribution in [0.4, 0.5) is 5.69 Å². The Morgan fingerprint density at radius 1 is 1.25 bits per heavy atom. The van der Waals surface area contributed by atoms with Gasteiger partial charge in [0.05, 0.1) is 23.9 Å². The molecular weight excluding hydrogens is 224 g/mol. The van der Waals surface area contributed by atoms with Crippen LogP contribution in [-0.2, 0) is 6.61 Å². The Bertz CT molecular complexity index is 453. The van der Waals surface area contributed by atoms with Crippen LogP contribution in [0.25, 0.3) is 0 Å². The lowest BCUT2D eigenvalue weighted by Gasteiger charge is -2.05. The monoisotopic (exact) mass is 236 g/mol. The molecule has 2 rings (SSSR count). The van der Waals surface area contributed by atoms with Gasteiger partial charge >= 0.3 is 0 Å². The Morgan fingerprint density at radius 3 is 2.50 bits per heavy atom. The van der Waals surface area contributed by atoms with Gasteiger partial charge in [-0.15, -0.1) is 0 Å². The normalized spacial score (nSPS) is 10.1. The molecule has 0 aliphatic rings. The van der Waals surface area contributed by atoms with Gasteiger partial charge in [-0.25, -0.2) is 0 Å². The summed E-state index contributed by atoms with van der Waals surface area (Å²) in [5.41, 5.74) is 6.38. The smallest absolute Gasteiger partial charge is 0.126 e. The van der Waals surface area contributed by atoms with Crippen molar-refractivity contribution in [3.05, 3.63) is 35.3 Å². The third-order valence-electron chi connectivity index (χ3n) is 2.11. The second kappa shape index (κ2) is 4.85. The van der Waals surface area contributed by atoms with Crippen LogP contribution >= 0.6 is 11.5 Å². The van der Waals surface area contributed by atoms with Gasteiger partial charge in [0.15, 0.2) is 0 Å². The van der Waals surface area contributed by atoms with Gasteiger partial charge in [0.25, 0.3) is 0 Å². The maximum atomic E-state index is 5.70. The molecule has 0 atom stereocenters. The molecule has 1 aromatic heterocycles. The number of nitrogens with two attached hydrogens (primary N) is 1. The van der Waals surface area contributed by atoms with Crippen LogP contribution in [0.5, 0.6) is 11.5 Å². The van der Waals surface area contributed by atoms with Crippen LogP contribution in [0.2, 0.25) is 0 Å². The van der Waals surface area contributed by atoms with E-state index in [-0.39, 0.29) is 0 Å². The molecule has 84 valence electrons. The Labute approximate surface area is 97.8 Å². The number of hydrogen-bond acceptors (Lipinski definition) is 5. The van der Waals surface area contributed by atoms with E-state index in [1.54, 1.807) is 13.3 Å². The number of nitrogen functional groups attached to an aromatic ring is 1. The predicted molar refractivity (Wildman–Crippen MR) is 63.9 cm³/mol. The summed E-state index contributed by atoms with van der Waals surface area (Å²) in [6.45, 7) is 0.447. The van der Waals surface area contributed by atoms with Crippen molar-refractivity contribution in [2.24, 2.45) is 0 Å². The number of hydrogen-bond donors (Lipinski definition) is 1. The minimum atomic E-state index is 0.447. The number of anilines is 1. The third-order valence-corrected chi connectivity index (χ3v) is 2.89. The molecule has 16 heavy (non-hydrogen) atoms. The average Bonchev–Trinajstić information content (AvgIpc) is 2.73. The minimum Gasteiger partial charge on any atom is -0.497 e. The summed E-state index contributed by atoms with van der Waals surface area (Å²) in [6.07, 6.45) is 1.64. The fourth-order valence-corrected chi connectivity index (χ4v) is 1.77. The van der Waals surface area contributed by atoms with Gasteiger partial charge in [-0.1, -0.05) is 0 Å². The first kappa shape index (κ1) is 10.8. The molecule has 2 aromatic rings. The van der Waals surface area contributed by atoms with Gasteiger partial charge in [-0.2, -0.15) is 4.37 Å². The van der Waals surface area contributed by atoms with Crippen molar-refractivity contribution in [2.45, 2.75) is 6.61 Å². The van der Waals surface area contributed by atoms with E-state index >= 15 is 0 Å². The Balaban J connectivity index is 1.97. The maximum Gasteiger partial charge on any atom is 0.126 e. The van der Waals surface area contributed by atoms with E-state index in [0.29, 0.717) is 12.3 Å². The molecule has 0 amide bonds. The van der Waals surface area contributed by atoms with Crippen molar-refractivity contribution >= 4 is 17.2 Å². The zero-order chi connectivity index (χ0) is 11.4. The summed E-state index contributed by atoms with van der Waals surface area (Å²) in [5.74, 6) is 1.60. The highest BCUT2D eigenvalue weighted by molar-refractivity contribution is 7.06. The number of aromatic nitrogens is 1. The Morgan fingerprint density at radius 2 is 1.94 bits per heavy atom. The van der Waals surface area contributed by atoms with E-state index in [2.05, 4.69) is 4.37 Å². The summed E-state index contributed by atoms with van der Waals surface area (Å²) >= 11 is 1.35. The Hall–Kier alpha value is -1.75. The highest BCUT2D eigenvalue weighted by Gasteiger charge is 2.03. The first-order valence-corrected chi connectivity index (χ1v) is 5.53. The molecule has 0 saturated carbocycles. The molecule has 0 fully saturated rings. The molecule has 2 N–H and O–H groups in total. The van der Waals surface area contributed by atoms with Crippen LogP contribution in [0.3, 0.4) is 0 Å². The van der Waals surface area contributed by atoms with E-state index in [0.717, 1.165) is 16.4 Å². The SMILES string of the molecule is COc1ccc(OCc2sncc2N)cc1. The highest BCUT2D eigenvalue weighted by Crippen LogP contribution is 2.21. The second-order valence-electron chi connectivity index (χ2n) is 3.17. The molecule has 1 heterocycles. The lowest BCUT2D eigenvalue weighted by atomic mass is 10.3. The first-order valence-electron chi connectivity index (χ1n) is 4.75. The highest BCUT2D eigenvalue weighted by atomic mass is 32.1. The molecular formula is C11H12N2O2S.